The zero-order valence-corrected chi connectivity index (χ0v) is 9.33. The highest BCUT2D eigenvalue weighted by Crippen LogP contribution is 2.06. The molecule has 3 heteroatoms. The van der Waals surface area contributed by atoms with Crippen LogP contribution in [0.4, 0.5) is 0 Å². The molecule has 3 nitrogen and oxygen atoms in total. The van der Waals surface area contributed by atoms with Gasteiger partial charge in [0.05, 0.1) is 11.7 Å². The molecule has 0 aromatic rings. The molecule has 14 heavy (non-hydrogen) atoms. The van der Waals surface area contributed by atoms with E-state index in [4.69, 9.17) is 4.74 Å². The molecule has 0 atom stereocenters. The highest BCUT2D eigenvalue weighted by atomic mass is 16.5. The fraction of sp³-hybridized carbons (Fsp3) is 0.545. The molecule has 0 heterocycles. The molecule has 1 N–H and O–H groups in total. The molecule has 0 amide bonds. The minimum absolute atomic E-state index is 0.0756. The number of nitrogens with one attached hydrogen (secondary N) is 1. The van der Waals surface area contributed by atoms with Gasteiger partial charge in [-0.25, -0.2) is 4.79 Å². The van der Waals surface area contributed by atoms with Crippen LogP contribution in [0.15, 0.2) is 23.9 Å². The lowest BCUT2D eigenvalue weighted by Gasteiger charge is -2.09. The van der Waals surface area contributed by atoms with Gasteiger partial charge in [0.1, 0.15) is 0 Å². The lowest BCUT2D eigenvalue weighted by atomic mass is 10.2. The average molecular weight is 197 g/mol. The van der Waals surface area contributed by atoms with Crippen LogP contribution >= 0.6 is 0 Å². The Kier molecular flexibility index (Phi) is 6.54. The van der Waals surface area contributed by atoms with Crippen molar-refractivity contribution in [2.45, 2.75) is 33.3 Å². The SMILES string of the molecule is C/C=C\CC(=CNC)C(=O)OC(C)C. The number of esters is 1. The lowest BCUT2D eigenvalue weighted by Crippen LogP contribution is -2.15. The number of hydrogen-bond acceptors (Lipinski definition) is 3. The molecule has 80 valence electrons. The summed E-state index contributed by atoms with van der Waals surface area (Å²) in [5.74, 6) is -0.257. The topological polar surface area (TPSA) is 38.3 Å². The molecule has 0 aliphatic rings. The van der Waals surface area contributed by atoms with Gasteiger partial charge < -0.3 is 10.1 Å². The standard InChI is InChI=1S/C11H19NO2/c1-5-6-7-10(8-12-4)11(13)14-9(2)3/h5-6,8-9,12H,7H2,1-4H3/b6-5-,10-8?. The average Bonchev–Trinajstić information content (AvgIpc) is 2.10. The van der Waals surface area contributed by atoms with E-state index in [-0.39, 0.29) is 12.1 Å². The van der Waals surface area contributed by atoms with Gasteiger partial charge in [0.2, 0.25) is 0 Å². The van der Waals surface area contributed by atoms with Gasteiger partial charge in [-0.3, -0.25) is 0 Å². The first-order valence-corrected chi connectivity index (χ1v) is 4.80. The number of allylic oxidation sites excluding steroid dienone is 2. The van der Waals surface area contributed by atoms with Crippen LogP contribution in [0.3, 0.4) is 0 Å². The van der Waals surface area contributed by atoms with Gasteiger partial charge in [0.15, 0.2) is 0 Å². The Morgan fingerprint density at radius 2 is 2.14 bits per heavy atom. The molecule has 0 spiro atoms. The Hall–Kier alpha value is -1.25. The molecule has 0 saturated heterocycles. The molecular weight excluding hydrogens is 178 g/mol. The summed E-state index contributed by atoms with van der Waals surface area (Å²) < 4.78 is 5.08. The fourth-order valence-corrected chi connectivity index (χ4v) is 0.910. The Bertz CT molecular complexity index is 229. The third-order valence-electron chi connectivity index (χ3n) is 1.50. The maximum Gasteiger partial charge on any atom is 0.336 e. The van der Waals surface area contributed by atoms with Crippen LogP contribution in [0.5, 0.6) is 0 Å². The summed E-state index contributed by atoms with van der Waals surface area (Å²) in [5, 5.41) is 2.83. The maximum absolute atomic E-state index is 11.5. The van der Waals surface area contributed by atoms with Crippen molar-refractivity contribution in [2.75, 3.05) is 7.05 Å². The Labute approximate surface area is 85.8 Å². The van der Waals surface area contributed by atoms with Crippen molar-refractivity contribution in [3.05, 3.63) is 23.9 Å². The Balaban J connectivity index is 4.34. The molecule has 0 rings (SSSR count). The van der Waals surface area contributed by atoms with E-state index in [2.05, 4.69) is 5.32 Å². The van der Waals surface area contributed by atoms with Crippen LogP contribution in [0.2, 0.25) is 0 Å². The van der Waals surface area contributed by atoms with Crippen molar-refractivity contribution in [1.29, 1.82) is 0 Å². The first-order chi connectivity index (χ1) is 6.61. The number of carbonyl (C=O) groups is 1. The van der Waals surface area contributed by atoms with E-state index in [9.17, 15) is 4.79 Å². The maximum atomic E-state index is 11.5. The molecule has 0 aromatic heterocycles. The second-order valence-corrected chi connectivity index (χ2v) is 3.19. The van der Waals surface area contributed by atoms with Gasteiger partial charge in [-0.05, 0) is 27.2 Å². The van der Waals surface area contributed by atoms with E-state index in [1.807, 2.05) is 32.9 Å². The van der Waals surface area contributed by atoms with E-state index in [0.717, 1.165) is 0 Å². The predicted octanol–water partition coefficient (Wildman–Crippen LogP) is 2.01. The molecule has 0 radical (unpaired) electrons. The monoisotopic (exact) mass is 197 g/mol. The summed E-state index contributed by atoms with van der Waals surface area (Å²) in [5.41, 5.74) is 0.638. The van der Waals surface area contributed by atoms with Crippen molar-refractivity contribution in [3.8, 4) is 0 Å². The van der Waals surface area contributed by atoms with E-state index >= 15 is 0 Å². The van der Waals surface area contributed by atoms with Crippen LogP contribution in [0.25, 0.3) is 0 Å². The molecule has 0 aromatic carbocycles. The van der Waals surface area contributed by atoms with Crippen LogP contribution < -0.4 is 5.32 Å². The lowest BCUT2D eigenvalue weighted by molar-refractivity contribution is -0.142. The van der Waals surface area contributed by atoms with E-state index < -0.39 is 0 Å². The third-order valence-corrected chi connectivity index (χ3v) is 1.50. The molecule has 0 aliphatic heterocycles. The highest BCUT2D eigenvalue weighted by molar-refractivity contribution is 5.88. The molecule has 0 unspecified atom stereocenters. The molecule has 0 aliphatic carbocycles. The first-order valence-electron chi connectivity index (χ1n) is 4.80. The smallest absolute Gasteiger partial charge is 0.336 e. The van der Waals surface area contributed by atoms with Crippen LogP contribution in [0, 0.1) is 0 Å². The van der Waals surface area contributed by atoms with Gasteiger partial charge >= 0.3 is 5.97 Å². The molecular formula is C11H19NO2. The van der Waals surface area contributed by atoms with Crippen molar-refractivity contribution in [3.63, 3.8) is 0 Å². The van der Waals surface area contributed by atoms with Crippen molar-refractivity contribution >= 4 is 5.97 Å². The zero-order valence-electron chi connectivity index (χ0n) is 9.33. The number of ether oxygens (including phenoxy) is 1. The summed E-state index contributed by atoms with van der Waals surface area (Å²) in [6.07, 6.45) is 6.03. The summed E-state index contributed by atoms with van der Waals surface area (Å²) in [6.45, 7) is 5.60. The van der Waals surface area contributed by atoms with Crippen molar-refractivity contribution in [1.82, 2.24) is 5.32 Å². The predicted molar refractivity (Wildman–Crippen MR) is 57.8 cm³/mol. The number of rotatable bonds is 5. The quantitative estimate of drug-likeness (QED) is 0.416. The van der Waals surface area contributed by atoms with E-state index in [1.54, 1.807) is 13.2 Å². The van der Waals surface area contributed by atoms with Crippen LogP contribution in [0.1, 0.15) is 27.2 Å². The third kappa shape index (κ3) is 5.41. The minimum Gasteiger partial charge on any atom is -0.460 e. The minimum atomic E-state index is -0.257. The van der Waals surface area contributed by atoms with Gasteiger partial charge in [0.25, 0.3) is 0 Å². The highest BCUT2D eigenvalue weighted by Gasteiger charge is 2.10. The van der Waals surface area contributed by atoms with Gasteiger partial charge in [0, 0.05) is 13.2 Å². The van der Waals surface area contributed by atoms with Crippen molar-refractivity contribution < 1.29 is 9.53 Å². The normalized spacial score (nSPS) is 12.2. The Morgan fingerprint density at radius 3 is 2.57 bits per heavy atom. The first kappa shape index (κ1) is 12.8. The Morgan fingerprint density at radius 1 is 1.50 bits per heavy atom. The van der Waals surface area contributed by atoms with Gasteiger partial charge in [-0.2, -0.15) is 0 Å². The largest absolute Gasteiger partial charge is 0.460 e. The van der Waals surface area contributed by atoms with Gasteiger partial charge in [-0.15, -0.1) is 0 Å². The fourth-order valence-electron chi connectivity index (χ4n) is 0.910. The van der Waals surface area contributed by atoms with E-state index in [0.29, 0.717) is 12.0 Å². The summed E-state index contributed by atoms with van der Waals surface area (Å²) >= 11 is 0. The zero-order chi connectivity index (χ0) is 11.0. The second kappa shape index (κ2) is 7.18. The number of carbonyl (C=O) groups excluding carboxylic acids is 1. The second-order valence-electron chi connectivity index (χ2n) is 3.19. The summed E-state index contributed by atoms with van der Waals surface area (Å²) in [4.78, 5) is 11.5. The van der Waals surface area contributed by atoms with E-state index in [1.165, 1.54) is 0 Å². The van der Waals surface area contributed by atoms with Crippen LogP contribution in [-0.2, 0) is 9.53 Å². The summed E-state index contributed by atoms with van der Waals surface area (Å²) in [7, 11) is 1.76. The number of hydrogen-bond donors (Lipinski definition) is 1. The van der Waals surface area contributed by atoms with Gasteiger partial charge in [-0.1, -0.05) is 12.2 Å². The van der Waals surface area contributed by atoms with Crippen LogP contribution in [-0.4, -0.2) is 19.1 Å². The molecule has 0 fully saturated rings. The summed E-state index contributed by atoms with van der Waals surface area (Å²) in [6, 6.07) is 0. The molecule has 0 bridgehead atoms. The molecule has 0 saturated carbocycles. The van der Waals surface area contributed by atoms with Crippen molar-refractivity contribution in [2.24, 2.45) is 0 Å².